The number of aromatic nitrogens is 2. The zero-order valence-electron chi connectivity index (χ0n) is 16.0. The van der Waals surface area contributed by atoms with E-state index in [1.807, 2.05) is 37.3 Å². The molecule has 3 rings (SSSR count). The van der Waals surface area contributed by atoms with Gasteiger partial charge in [-0.05, 0) is 56.7 Å². The lowest BCUT2D eigenvalue weighted by Gasteiger charge is -2.22. The highest BCUT2D eigenvalue weighted by atomic mass is 35.5. The normalized spacial score (nSPS) is 10.6. The first kappa shape index (κ1) is 19.0. The van der Waals surface area contributed by atoms with Crippen LogP contribution in [0.15, 0.2) is 48.5 Å². The summed E-state index contributed by atoms with van der Waals surface area (Å²) in [5, 5.41) is 3.85. The molecule has 6 heteroatoms. The van der Waals surface area contributed by atoms with Gasteiger partial charge in [-0.25, -0.2) is 4.98 Å². The molecule has 0 aliphatic rings. The highest BCUT2D eigenvalue weighted by Crippen LogP contribution is 2.29. The highest BCUT2D eigenvalue weighted by molar-refractivity contribution is 6.32. The van der Waals surface area contributed by atoms with Gasteiger partial charge in [0.2, 0.25) is 5.95 Å². The van der Waals surface area contributed by atoms with Crippen molar-refractivity contribution in [2.24, 2.45) is 0 Å². The van der Waals surface area contributed by atoms with Crippen LogP contribution in [-0.4, -0.2) is 23.6 Å². The van der Waals surface area contributed by atoms with Gasteiger partial charge in [0.1, 0.15) is 11.6 Å². The molecule has 1 heterocycles. The summed E-state index contributed by atoms with van der Waals surface area (Å²) in [4.78, 5) is 11.4. The van der Waals surface area contributed by atoms with Gasteiger partial charge in [-0.2, -0.15) is 4.98 Å². The number of hydrogen-bond acceptors (Lipinski definition) is 5. The monoisotopic (exact) mass is 382 g/mol. The Bertz CT molecular complexity index is 945. The van der Waals surface area contributed by atoms with Gasteiger partial charge < -0.3 is 15.0 Å². The molecule has 0 saturated carbocycles. The number of aryl methyl sites for hydroxylation is 2. The number of hydrogen-bond donors (Lipinski definition) is 1. The van der Waals surface area contributed by atoms with Crippen molar-refractivity contribution >= 4 is 34.7 Å². The molecule has 0 saturated heterocycles. The van der Waals surface area contributed by atoms with Gasteiger partial charge in [0.15, 0.2) is 0 Å². The minimum absolute atomic E-state index is 0.545. The van der Waals surface area contributed by atoms with E-state index in [0.717, 1.165) is 23.6 Å². The van der Waals surface area contributed by atoms with Gasteiger partial charge in [0.25, 0.3) is 0 Å². The average molecular weight is 383 g/mol. The lowest BCUT2D eigenvalue weighted by Crippen LogP contribution is -2.19. The number of ether oxygens (including phenoxy) is 1. The van der Waals surface area contributed by atoms with Crippen LogP contribution < -0.4 is 15.0 Å². The smallest absolute Gasteiger partial charge is 0.232 e. The maximum absolute atomic E-state index is 6.22. The lowest BCUT2D eigenvalue weighted by molar-refractivity contribution is 0.415. The van der Waals surface area contributed by atoms with E-state index in [0.29, 0.717) is 22.5 Å². The molecule has 0 atom stereocenters. The number of halogens is 1. The number of nitrogens with zero attached hydrogens (tertiary/aromatic N) is 3. The van der Waals surface area contributed by atoms with Crippen LogP contribution in [0.5, 0.6) is 5.75 Å². The minimum Gasteiger partial charge on any atom is -0.495 e. The van der Waals surface area contributed by atoms with Gasteiger partial charge in [-0.1, -0.05) is 23.7 Å². The molecule has 0 unspecified atom stereocenters. The van der Waals surface area contributed by atoms with Gasteiger partial charge in [0.05, 0.1) is 12.1 Å². The SMILES string of the molecule is CCN(c1cccc(C)c1)c1nc(C)cc(Nc2ccc(OC)c(Cl)c2)n1. The van der Waals surface area contributed by atoms with Gasteiger partial charge >= 0.3 is 0 Å². The van der Waals surface area contributed by atoms with Crippen molar-refractivity contribution in [3.05, 3.63) is 64.8 Å². The van der Waals surface area contributed by atoms with Crippen LogP contribution in [0.4, 0.5) is 23.1 Å². The molecule has 0 fully saturated rings. The van der Waals surface area contributed by atoms with Crippen molar-refractivity contribution in [3.63, 3.8) is 0 Å². The van der Waals surface area contributed by atoms with Crippen LogP contribution in [-0.2, 0) is 0 Å². The number of benzene rings is 2. The van der Waals surface area contributed by atoms with E-state index in [4.69, 9.17) is 21.3 Å². The quantitative estimate of drug-likeness (QED) is 0.596. The number of methoxy groups -OCH3 is 1. The van der Waals surface area contributed by atoms with E-state index in [1.165, 1.54) is 5.56 Å². The van der Waals surface area contributed by atoms with Crippen molar-refractivity contribution in [3.8, 4) is 5.75 Å². The molecule has 1 N–H and O–H groups in total. The average Bonchev–Trinajstić information content (AvgIpc) is 2.62. The second-order valence-corrected chi connectivity index (χ2v) is 6.66. The summed E-state index contributed by atoms with van der Waals surface area (Å²) >= 11 is 6.22. The Morgan fingerprint density at radius 3 is 2.56 bits per heavy atom. The third kappa shape index (κ3) is 4.49. The fourth-order valence-electron chi connectivity index (χ4n) is 2.86. The third-order valence-electron chi connectivity index (χ3n) is 4.14. The summed E-state index contributed by atoms with van der Waals surface area (Å²) in [6, 6.07) is 15.8. The second-order valence-electron chi connectivity index (χ2n) is 6.25. The maximum atomic E-state index is 6.22. The minimum atomic E-state index is 0.545. The summed E-state index contributed by atoms with van der Waals surface area (Å²) in [5.74, 6) is 2.01. The first-order chi connectivity index (χ1) is 13.0. The standard InChI is InChI=1S/C21H23ClN4O/c1-5-26(17-8-6-7-14(2)11-17)21-23-15(3)12-20(25-21)24-16-9-10-19(27-4)18(22)13-16/h6-13H,5H2,1-4H3,(H,23,24,25). The molecule has 3 aromatic rings. The Balaban J connectivity index is 1.92. The third-order valence-corrected chi connectivity index (χ3v) is 4.43. The maximum Gasteiger partial charge on any atom is 0.232 e. The summed E-state index contributed by atoms with van der Waals surface area (Å²) in [5.41, 5.74) is 3.99. The molecule has 0 aliphatic heterocycles. The zero-order valence-corrected chi connectivity index (χ0v) is 16.7. The summed E-state index contributed by atoms with van der Waals surface area (Å²) in [6.45, 7) is 6.89. The Kier molecular flexibility index (Phi) is 5.81. The van der Waals surface area contributed by atoms with Crippen LogP contribution in [0.3, 0.4) is 0 Å². The fourth-order valence-corrected chi connectivity index (χ4v) is 3.12. The lowest BCUT2D eigenvalue weighted by atomic mass is 10.2. The van der Waals surface area contributed by atoms with Crippen LogP contribution in [0.1, 0.15) is 18.2 Å². The van der Waals surface area contributed by atoms with Crippen LogP contribution in [0, 0.1) is 13.8 Å². The molecular formula is C21H23ClN4O. The molecule has 0 spiro atoms. The number of anilines is 4. The first-order valence-electron chi connectivity index (χ1n) is 8.80. The molecule has 5 nitrogen and oxygen atoms in total. The van der Waals surface area contributed by atoms with E-state index in [2.05, 4.69) is 47.2 Å². The van der Waals surface area contributed by atoms with E-state index in [9.17, 15) is 0 Å². The van der Waals surface area contributed by atoms with Crippen molar-refractivity contribution in [1.82, 2.24) is 9.97 Å². The van der Waals surface area contributed by atoms with Gasteiger partial charge in [-0.15, -0.1) is 0 Å². The molecular weight excluding hydrogens is 360 g/mol. The summed E-state index contributed by atoms with van der Waals surface area (Å²) < 4.78 is 5.20. The Hall–Kier alpha value is -2.79. The van der Waals surface area contributed by atoms with Crippen molar-refractivity contribution < 1.29 is 4.74 Å². The Morgan fingerprint density at radius 2 is 1.89 bits per heavy atom. The number of rotatable bonds is 6. The molecule has 0 radical (unpaired) electrons. The predicted octanol–water partition coefficient (Wildman–Crippen LogP) is 5.66. The van der Waals surface area contributed by atoms with E-state index in [1.54, 1.807) is 7.11 Å². The zero-order chi connectivity index (χ0) is 19.4. The summed E-state index contributed by atoms with van der Waals surface area (Å²) in [6.07, 6.45) is 0. The van der Waals surface area contributed by atoms with E-state index in [-0.39, 0.29) is 0 Å². The van der Waals surface area contributed by atoms with Crippen molar-refractivity contribution in [2.75, 3.05) is 23.9 Å². The first-order valence-corrected chi connectivity index (χ1v) is 9.18. The van der Waals surface area contributed by atoms with Crippen molar-refractivity contribution in [1.29, 1.82) is 0 Å². The largest absolute Gasteiger partial charge is 0.495 e. The second kappa shape index (κ2) is 8.27. The fraction of sp³-hybridized carbons (Fsp3) is 0.238. The van der Waals surface area contributed by atoms with E-state index < -0.39 is 0 Å². The number of nitrogens with one attached hydrogen (secondary N) is 1. The topological polar surface area (TPSA) is 50.3 Å². The highest BCUT2D eigenvalue weighted by Gasteiger charge is 2.13. The molecule has 27 heavy (non-hydrogen) atoms. The van der Waals surface area contributed by atoms with E-state index >= 15 is 0 Å². The van der Waals surface area contributed by atoms with Crippen molar-refractivity contribution in [2.45, 2.75) is 20.8 Å². The van der Waals surface area contributed by atoms with Crippen LogP contribution in [0.2, 0.25) is 5.02 Å². The molecule has 140 valence electrons. The summed E-state index contributed by atoms with van der Waals surface area (Å²) in [7, 11) is 1.60. The molecule has 1 aromatic heterocycles. The van der Waals surface area contributed by atoms with Crippen LogP contribution >= 0.6 is 11.6 Å². The van der Waals surface area contributed by atoms with Gasteiger partial charge in [-0.3, -0.25) is 0 Å². The molecule has 0 amide bonds. The molecule has 0 aliphatic carbocycles. The van der Waals surface area contributed by atoms with Gasteiger partial charge in [0, 0.05) is 29.7 Å². The predicted molar refractivity (Wildman–Crippen MR) is 112 cm³/mol. The molecule has 0 bridgehead atoms. The Morgan fingerprint density at radius 1 is 1.07 bits per heavy atom. The van der Waals surface area contributed by atoms with Crippen LogP contribution in [0.25, 0.3) is 0 Å². The Labute approximate surface area is 165 Å². The molecule has 2 aromatic carbocycles.